The van der Waals surface area contributed by atoms with Crippen molar-refractivity contribution in [2.75, 3.05) is 5.32 Å². The summed E-state index contributed by atoms with van der Waals surface area (Å²) in [6.45, 7) is 0.321. The van der Waals surface area contributed by atoms with E-state index in [-0.39, 0.29) is 24.2 Å². The minimum absolute atomic E-state index is 0.0282. The van der Waals surface area contributed by atoms with Crippen molar-refractivity contribution >= 4 is 23.5 Å². The van der Waals surface area contributed by atoms with Gasteiger partial charge in [0.2, 0.25) is 11.8 Å². The highest BCUT2D eigenvalue weighted by Crippen LogP contribution is 2.44. The number of carboxylic acids is 1. The monoisotopic (exact) mass is 344 g/mol. The van der Waals surface area contributed by atoms with E-state index in [9.17, 15) is 19.5 Å². The topological polar surface area (TPSA) is 95.5 Å². The number of benzene rings is 1. The molecule has 0 radical (unpaired) electrons. The van der Waals surface area contributed by atoms with Gasteiger partial charge in [-0.05, 0) is 43.4 Å². The summed E-state index contributed by atoms with van der Waals surface area (Å²) in [4.78, 5) is 35.4. The normalized spacial score (nSPS) is 18.6. The number of hydrogen-bond donors (Lipinski definition) is 3. The van der Waals surface area contributed by atoms with Crippen LogP contribution in [-0.2, 0) is 20.9 Å². The molecule has 0 bridgehead atoms. The Hall–Kier alpha value is -2.37. The van der Waals surface area contributed by atoms with E-state index in [4.69, 9.17) is 0 Å². The number of aliphatic carboxylic acids is 1. The van der Waals surface area contributed by atoms with Crippen molar-refractivity contribution in [2.24, 2.45) is 11.3 Å². The SMILES string of the molecule is O=C(CC1(C(=O)O)CCC1)NCc1cccc(NC(=O)C2CCC2)c1. The van der Waals surface area contributed by atoms with E-state index in [0.29, 0.717) is 19.4 Å². The highest BCUT2D eigenvalue weighted by molar-refractivity contribution is 5.93. The van der Waals surface area contributed by atoms with Crippen LogP contribution in [0.5, 0.6) is 0 Å². The molecule has 0 saturated heterocycles. The van der Waals surface area contributed by atoms with Crippen molar-refractivity contribution in [3.8, 4) is 0 Å². The molecule has 2 fully saturated rings. The van der Waals surface area contributed by atoms with Gasteiger partial charge in [0.1, 0.15) is 0 Å². The highest BCUT2D eigenvalue weighted by Gasteiger charge is 2.45. The predicted octanol–water partition coefficient (Wildman–Crippen LogP) is 2.69. The number of amides is 2. The first-order valence-electron chi connectivity index (χ1n) is 8.88. The van der Waals surface area contributed by atoms with Gasteiger partial charge in [-0.15, -0.1) is 0 Å². The predicted molar refractivity (Wildman–Crippen MR) is 92.8 cm³/mol. The molecule has 0 atom stereocenters. The van der Waals surface area contributed by atoms with E-state index >= 15 is 0 Å². The van der Waals surface area contributed by atoms with Gasteiger partial charge < -0.3 is 15.7 Å². The summed E-state index contributed by atoms with van der Waals surface area (Å²) in [6, 6.07) is 7.38. The first-order chi connectivity index (χ1) is 12.0. The molecule has 2 saturated carbocycles. The Bertz CT molecular complexity index is 678. The van der Waals surface area contributed by atoms with Crippen LogP contribution in [-0.4, -0.2) is 22.9 Å². The molecule has 2 aliphatic carbocycles. The molecule has 1 aromatic carbocycles. The number of carbonyl (C=O) groups excluding carboxylic acids is 2. The van der Waals surface area contributed by atoms with Crippen molar-refractivity contribution in [3.05, 3.63) is 29.8 Å². The molecule has 0 heterocycles. The molecule has 2 aliphatic rings. The number of anilines is 1. The fourth-order valence-electron chi connectivity index (χ4n) is 3.31. The summed E-state index contributed by atoms with van der Waals surface area (Å²) >= 11 is 0. The molecular formula is C19H24N2O4. The average Bonchev–Trinajstić information content (AvgIpc) is 2.47. The fourth-order valence-corrected chi connectivity index (χ4v) is 3.31. The van der Waals surface area contributed by atoms with Crippen LogP contribution in [0.25, 0.3) is 0 Å². The molecule has 2 amide bonds. The van der Waals surface area contributed by atoms with Crippen molar-refractivity contribution in [1.29, 1.82) is 0 Å². The second-order valence-electron chi connectivity index (χ2n) is 7.21. The molecule has 6 heteroatoms. The van der Waals surface area contributed by atoms with Gasteiger partial charge in [-0.2, -0.15) is 0 Å². The van der Waals surface area contributed by atoms with Crippen LogP contribution < -0.4 is 10.6 Å². The van der Waals surface area contributed by atoms with Gasteiger partial charge in [0.25, 0.3) is 0 Å². The molecule has 0 unspecified atom stereocenters. The molecule has 134 valence electrons. The Morgan fingerprint density at radius 2 is 1.92 bits per heavy atom. The molecule has 0 spiro atoms. The zero-order valence-corrected chi connectivity index (χ0v) is 14.2. The summed E-state index contributed by atoms with van der Waals surface area (Å²) in [7, 11) is 0. The van der Waals surface area contributed by atoms with Gasteiger partial charge >= 0.3 is 5.97 Å². The van der Waals surface area contributed by atoms with E-state index in [0.717, 1.165) is 36.9 Å². The zero-order valence-electron chi connectivity index (χ0n) is 14.2. The van der Waals surface area contributed by atoms with Crippen LogP contribution >= 0.6 is 0 Å². The van der Waals surface area contributed by atoms with Gasteiger partial charge in [0.15, 0.2) is 0 Å². The highest BCUT2D eigenvalue weighted by atomic mass is 16.4. The van der Waals surface area contributed by atoms with Crippen LogP contribution in [0.1, 0.15) is 50.5 Å². The third-order valence-electron chi connectivity index (χ3n) is 5.42. The van der Waals surface area contributed by atoms with E-state index in [1.54, 1.807) is 0 Å². The lowest BCUT2D eigenvalue weighted by molar-refractivity contribution is -0.157. The minimum atomic E-state index is -0.880. The molecule has 0 aliphatic heterocycles. The van der Waals surface area contributed by atoms with Crippen molar-refractivity contribution in [2.45, 2.75) is 51.5 Å². The van der Waals surface area contributed by atoms with Gasteiger partial charge in [-0.1, -0.05) is 25.0 Å². The smallest absolute Gasteiger partial charge is 0.310 e. The van der Waals surface area contributed by atoms with Crippen LogP contribution in [0.2, 0.25) is 0 Å². The molecule has 1 aromatic rings. The van der Waals surface area contributed by atoms with E-state index in [1.165, 1.54) is 0 Å². The second kappa shape index (κ2) is 7.25. The molecule has 3 rings (SSSR count). The lowest BCUT2D eigenvalue weighted by Crippen LogP contribution is -2.42. The quantitative estimate of drug-likeness (QED) is 0.708. The summed E-state index contributed by atoms with van der Waals surface area (Å²) in [5.74, 6) is -0.945. The summed E-state index contributed by atoms with van der Waals surface area (Å²) < 4.78 is 0. The Labute approximate surface area is 147 Å². The first-order valence-corrected chi connectivity index (χ1v) is 8.88. The average molecular weight is 344 g/mol. The van der Waals surface area contributed by atoms with Crippen LogP contribution in [0.4, 0.5) is 5.69 Å². The maximum Gasteiger partial charge on any atom is 0.310 e. The van der Waals surface area contributed by atoms with E-state index in [2.05, 4.69) is 10.6 Å². The van der Waals surface area contributed by atoms with Crippen LogP contribution in [0.15, 0.2) is 24.3 Å². The Balaban J connectivity index is 1.51. The zero-order chi connectivity index (χ0) is 17.9. The van der Waals surface area contributed by atoms with Crippen LogP contribution in [0, 0.1) is 11.3 Å². The van der Waals surface area contributed by atoms with Gasteiger partial charge in [-0.25, -0.2) is 0 Å². The molecule has 6 nitrogen and oxygen atoms in total. The largest absolute Gasteiger partial charge is 0.481 e. The second-order valence-corrected chi connectivity index (χ2v) is 7.21. The number of hydrogen-bond acceptors (Lipinski definition) is 3. The lowest BCUT2D eigenvalue weighted by atomic mass is 9.66. The number of carboxylic acid groups (broad SMARTS) is 1. The Morgan fingerprint density at radius 3 is 2.48 bits per heavy atom. The molecular weight excluding hydrogens is 320 g/mol. The van der Waals surface area contributed by atoms with Gasteiger partial charge in [0, 0.05) is 24.6 Å². The summed E-state index contributed by atoms with van der Waals surface area (Å²) in [6.07, 6.45) is 5.04. The van der Waals surface area contributed by atoms with Gasteiger partial charge in [-0.3, -0.25) is 14.4 Å². The first kappa shape index (κ1) is 17.5. The molecule has 3 N–H and O–H groups in total. The van der Waals surface area contributed by atoms with E-state index < -0.39 is 11.4 Å². The third kappa shape index (κ3) is 4.00. The minimum Gasteiger partial charge on any atom is -0.481 e. The number of carbonyl (C=O) groups is 3. The summed E-state index contributed by atoms with van der Waals surface area (Å²) in [5.41, 5.74) is 0.727. The standard InChI is InChI=1S/C19H24N2O4/c22-16(11-19(18(24)25)8-3-9-19)20-12-13-4-1-7-15(10-13)21-17(23)14-5-2-6-14/h1,4,7,10,14H,2-3,5-6,8-9,11-12H2,(H,20,22)(H,21,23)(H,24,25). The maximum absolute atomic E-state index is 12.1. The molecule has 25 heavy (non-hydrogen) atoms. The number of rotatable bonds is 7. The third-order valence-corrected chi connectivity index (χ3v) is 5.42. The van der Waals surface area contributed by atoms with Crippen molar-refractivity contribution in [1.82, 2.24) is 5.32 Å². The summed E-state index contributed by atoms with van der Waals surface area (Å²) in [5, 5.41) is 15.0. The lowest BCUT2D eigenvalue weighted by Gasteiger charge is -2.36. The Morgan fingerprint density at radius 1 is 1.16 bits per heavy atom. The van der Waals surface area contributed by atoms with Gasteiger partial charge in [0.05, 0.1) is 5.41 Å². The maximum atomic E-state index is 12.1. The molecule has 0 aromatic heterocycles. The van der Waals surface area contributed by atoms with Crippen molar-refractivity contribution < 1.29 is 19.5 Å². The van der Waals surface area contributed by atoms with E-state index in [1.807, 2.05) is 24.3 Å². The van der Waals surface area contributed by atoms with Crippen molar-refractivity contribution in [3.63, 3.8) is 0 Å². The number of nitrogens with one attached hydrogen (secondary N) is 2. The fraction of sp³-hybridized carbons (Fsp3) is 0.526. The Kier molecular flexibility index (Phi) is 5.06. The van der Waals surface area contributed by atoms with Crippen LogP contribution in [0.3, 0.4) is 0 Å².